The zero-order valence-corrected chi connectivity index (χ0v) is 8.63. The lowest BCUT2D eigenvalue weighted by Gasteiger charge is -2.20. The van der Waals surface area contributed by atoms with Crippen LogP contribution in [0.4, 0.5) is 0 Å². The standard InChI is InChI=1S/C11H13ClNO/c12-7-6-11(13,9-14)8-10-4-2-1-3-5-10/h1-5H,6-8,13H2. The summed E-state index contributed by atoms with van der Waals surface area (Å²) in [5.41, 5.74) is 5.92. The van der Waals surface area contributed by atoms with E-state index in [1.165, 1.54) is 0 Å². The topological polar surface area (TPSA) is 43.1 Å². The number of hydrogen-bond donors (Lipinski definition) is 1. The molecule has 1 rings (SSSR count). The smallest absolute Gasteiger partial charge is 0.220 e. The Bertz CT molecular complexity index is 289. The number of carbonyl (C=O) groups excluding carboxylic acids is 1. The Labute approximate surface area is 89.1 Å². The van der Waals surface area contributed by atoms with Crippen LogP contribution in [0.2, 0.25) is 0 Å². The van der Waals surface area contributed by atoms with E-state index in [-0.39, 0.29) is 0 Å². The largest absolute Gasteiger partial charge is 0.318 e. The van der Waals surface area contributed by atoms with Crippen LogP contribution in [0.15, 0.2) is 30.3 Å². The van der Waals surface area contributed by atoms with Crippen molar-refractivity contribution in [2.24, 2.45) is 5.73 Å². The highest BCUT2D eigenvalue weighted by molar-refractivity contribution is 6.18. The number of halogens is 1. The van der Waals surface area contributed by atoms with Gasteiger partial charge in [-0.15, -0.1) is 11.6 Å². The molecule has 2 nitrogen and oxygen atoms in total. The summed E-state index contributed by atoms with van der Waals surface area (Å²) in [6, 6.07) is 9.64. The maximum absolute atomic E-state index is 10.7. The fourth-order valence-corrected chi connectivity index (χ4v) is 1.64. The van der Waals surface area contributed by atoms with Gasteiger partial charge in [0.25, 0.3) is 0 Å². The van der Waals surface area contributed by atoms with Crippen molar-refractivity contribution in [3.05, 3.63) is 35.9 Å². The van der Waals surface area contributed by atoms with Crippen LogP contribution in [0.1, 0.15) is 12.0 Å². The first-order chi connectivity index (χ1) is 6.70. The lowest BCUT2D eigenvalue weighted by atomic mass is 9.91. The minimum atomic E-state index is -0.941. The predicted octanol–water partition coefficient (Wildman–Crippen LogP) is 1.67. The van der Waals surface area contributed by atoms with Crippen LogP contribution in [0, 0.1) is 0 Å². The molecular weight excluding hydrogens is 198 g/mol. The van der Waals surface area contributed by atoms with Crippen LogP contribution >= 0.6 is 11.6 Å². The molecule has 3 heteroatoms. The van der Waals surface area contributed by atoms with Crippen LogP contribution in [-0.4, -0.2) is 17.7 Å². The number of nitrogens with two attached hydrogens (primary N) is 1. The van der Waals surface area contributed by atoms with Gasteiger partial charge in [-0.05, 0) is 18.4 Å². The van der Waals surface area contributed by atoms with Gasteiger partial charge in [0.05, 0.1) is 5.54 Å². The van der Waals surface area contributed by atoms with Crippen molar-refractivity contribution in [3.63, 3.8) is 0 Å². The molecule has 0 aromatic heterocycles. The monoisotopic (exact) mass is 210 g/mol. The molecule has 0 aliphatic carbocycles. The molecule has 1 atom stereocenters. The Balaban J connectivity index is 2.70. The summed E-state index contributed by atoms with van der Waals surface area (Å²) in [4.78, 5) is 10.7. The lowest BCUT2D eigenvalue weighted by Crippen LogP contribution is -2.44. The fraction of sp³-hybridized carbons (Fsp3) is 0.364. The average molecular weight is 211 g/mol. The molecule has 1 aromatic rings. The molecule has 0 heterocycles. The van der Waals surface area contributed by atoms with Gasteiger partial charge in [-0.2, -0.15) is 0 Å². The Morgan fingerprint density at radius 1 is 1.36 bits per heavy atom. The molecule has 75 valence electrons. The first kappa shape index (κ1) is 11.2. The van der Waals surface area contributed by atoms with E-state index in [1.807, 2.05) is 36.6 Å². The van der Waals surface area contributed by atoms with E-state index in [4.69, 9.17) is 17.3 Å². The summed E-state index contributed by atoms with van der Waals surface area (Å²) < 4.78 is 0. The molecule has 1 radical (unpaired) electrons. The highest BCUT2D eigenvalue weighted by atomic mass is 35.5. The summed E-state index contributed by atoms with van der Waals surface area (Å²) in [6.07, 6.45) is 2.81. The van der Waals surface area contributed by atoms with Crippen molar-refractivity contribution >= 4 is 17.9 Å². The van der Waals surface area contributed by atoms with E-state index < -0.39 is 5.54 Å². The molecule has 0 aliphatic heterocycles. The Morgan fingerprint density at radius 3 is 2.50 bits per heavy atom. The number of rotatable bonds is 5. The van der Waals surface area contributed by atoms with Gasteiger partial charge in [0.15, 0.2) is 0 Å². The minimum absolute atomic E-state index is 0.374. The molecule has 0 bridgehead atoms. The summed E-state index contributed by atoms with van der Waals surface area (Å²) in [7, 11) is 0. The van der Waals surface area contributed by atoms with E-state index in [0.717, 1.165) is 5.56 Å². The molecular formula is C11H13ClNO. The Hall–Kier alpha value is -0.860. The third-order valence-electron chi connectivity index (χ3n) is 2.11. The van der Waals surface area contributed by atoms with Crippen LogP contribution in [0.25, 0.3) is 0 Å². The Kier molecular flexibility index (Phi) is 4.11. The third-order valence-corrected chi connectivity index (χ3v) is 2.30. The van der Waals surface area contributed by atoms with E-state index >= 15 is 0 Å². The maximum atomic E-state index is 10.7. The van der Waals surface area contributed by atoms with E-state index in [0.29, 0.717) is 18.7 Å². The summed E-state index contributed by atoms with van der Waals surface area (Å²) in [5, 5.41) is 0. The van der Waals surface area contributed by atoms with Crippen LogP contribution < -0.4 is 5.73 Å². The zero-order valence-electron chi connectivity index (χ0n) is 7.87. The SMILES string of the molecule is NC([C]=O)(CCCl)Cc1ccccc1. The number of alkyl halides is 1. The highest BCUT2D eigenvalue weighted by Crippen LogP contribution is 2.13. The normalized spacial score (nSPS) is 14.7. The van der Waals surface area contributed by atoms with Crippen LogP contribution in [-0.2, 0) is 11.2 Å². The van der Waals surface area contributed by atoms with Gasteiger partial charge >= 0.3 is 0 Å². The summed E-state index contributed by atoms with van der Waals surface area (Å²) in [5.74, 6) is 0.374. The first-order valence-corrected chi connectivity index (χ1v) is 5.02. The van der Waals surface area contributed by atoms with Gasteiger partial charge in [-0.25, -0.2) is 0 Å². The van der Waals surface area contributed by atoms with Crippen molar-refractivity contribution < 1.29 is 4.79 Å². The second-order valence-corrected chi connectivity index (χ2v) is 3.74. The van der Waals surface area contributed by atoms with Crippen molar-refractivity contribution in [3.8, 4) is 0 Å². The molecule has 0 amide bonds. The molecule has 0 fully saturated rings. The van der Waals surface area contributed by atoms with E-state index in [9.17, 15) is 4.79 Å². The van der Waals surface area contributed by atoms with Crippen molar-refractivity contribution in [1.29, 1.82) is 0 Å². The van der Waals surface area contributed by atoms with E-state index in [2.05, 4.69) is 0 Å². The molecule has 14 heavy (non-hydrogen) atoms. The Morgan fingerprint density at radius 2 is 2.00 bits per heavy atom. The van der Waals surface area contributed by atoms with Crippen LogP contribution in [0.5, 0.6) is 0 Å². The zero-order chi connectivity index (χ0) is 10.4. The molecule has 2 N–H and O–H groups in total. The van der Waals surface area contributed by atoms with Gasteiger partial charge in [0.2, 0.25) is 6.29 Å². The second-order valence-electron chi connectivity index (χ2n) is 3.36. The van der Waals surface area contributed by atoms with Gasteiger partial charge in [-0.3, -0.25) is 4.79 Å². The maximum Gasteiger partial charge on any atom is 0.220 e. The van der Waals surface area contributed by atoms with Crippen molar-refractivity contribution in [2.45, 2.75) is 18.4 Å². The number of hydrogen-bond acceptors (Lipinski definition) is 2. The van der Waals surface area contributed by atoms with Gasteiger partial charge in [0.1, 0.15) is 0 Å². The average Bonchev–Trinajstić information content (AvgIpc) is 2.20. The molecule has 1 unspecified atom stereocenters. The van der Waals surface area contributed by atoms with Gasteiger partial charge < -0.3 is 5.73 Å². The van der Waals surface area contributed by atoms with Crippen molar-refractivity contribution in [2.75, 3.05) is 5.88 Å². The minimum Gasteiger partial charge on any atom is -0.318 e. The lowest BCUT2D eigenvalue weighted by molar-refractivity contribution is 0.469. The highest BCUT2D eigenvalue weighted by Gasteiger charge is 2.24. The quantitative estimate of drug-likeness (QED) is 0.752. The third kappa shape index (κ3) is 3.13. The molecule has 0 saturated heterocycles. The molecule has 1 aromatic carbocycles. The fourth-order valence-electron chi connectivity index (χ4n) is 1.30. The van der Waals surface area contributed by atoms with Crippen LogP contribution in [0.3, 0.4) is 0 Å². The second kappa shape index (κ2) is 5.13. The predicted molar refractivity (Wildman–Crippen MR) is 58.1 cm³/mol. The van der Waals surface area contributed by atoms with Gasteiger partial charge in [0, 0.05) is 5.88 Å². The summed E-state index contributed by atoms with van der Waals surface area (Å²) in [6.45, 7) is 0. The molecule has 0 spiro atoms. The number of benzene rings is 1. The first-order valence-electron chi connectivity index (χ1n) is 4.48. The van der Waals surface area contributed by atoms with Gasteiger partial charge in [-0.1, -0.05) is 30.3 Å². The molecule has 0 aliphatic rings. The molecule has 0 saturated carbocycles. The van der Waals surface area contributed by atoms with Crippen molar-refractivity contribution in [1.82, 2.24) is 0 Å². The van der Waals surface area contributed by atoms with E-state index in [1.54, 1.807) is 0 Å². The summed E-state index contributed by atoms with van der Waals surface area (Å²) >= 11 is 5.57.